The fourth-order valence-corrected chi connectivity index (χ4v) is 4.18. The highest BCUT2D eigenvalue weighted by Gasteiger charge is 2.52. The van der Waals surface area contributed by atoms with Gasteiger partial charge < -0.3 is 10.0 Å². The molecule has 1 saturated heterocycles. The summed E-state index contributed by atoms with van der Waals surface area (Å²) < 4.78 is 75.7. The Kier molecular flexibility index (Phi) is 7.43. The number of halogens is 5. The minimum atomic E-state index is -4.61. The molecule has 1 aromatic carbocycles. The Labute approximate surface area is 154 Å². The van der Waals surface area contributed by atoms with E-state index in [0.29, 0.717) is 0 Å². The van der Waals surface area contributed by atoms with E-state index in [2.05, 4.69) is 0 Å². The molecule has 0 saturated carbocycles. The summed E-state index contributed by atoms with van der Waals surface area (Å²) in [5.41, 5.74) is 0. The van der Waals surface area contributed by atoms with E-state index in [-0.39, 0.29) is 42.6 Å². The molecule has 1 aliphatic rings. The van der Waals surface area contributed by atoms with Crippen LogP contribution in [-0.4, -0.2) is 56.0 Å². The number of carboxylic acids is 1. The van der Waals surface area contributed by atoms with Gasteiger partial charge in [0.25, 0.3) is 0 Å². The summed E-state index contributed by atoms with van der Waals surface area (Å²) in [6.07, 6.45) is -4.56. The van der Waals surface area contributed by atoms with Gasteiger partial charge in [0.1, 0.15) is 5.82 Å². The molecular weight excluding hydrogens is 402 g/mol. The fraction of sp³-hybridized carbons (Fsp3) is 0.533. The number of nitrogens with zero attached hydrogens (tertiary/aromatic N) is 1. The maximum atomic E-state index is 12.9. The molecule has 1 aliphatic heterocycles. The van der Waals surface area contributed by atoms with Crippen molar-refractivity contribution in [3.63, 3.8) is 0 Å². The number of aliphatic carboxylic acids is 1. The van der Waals surface area contributed by atoms with E-state index < -0.39 is 46.2 Å². The smallest absolute Gasteiger partial charge is 0.393 e. The molecule has 1 N–H and O–H groups in total. The average Bonchev–Trinajstić information content (AvgIpc) is 2.92. The van der Waals surface area contributed by atoms with Crippen molar-refractivity contribution in [2.45, 2.75) is 17.5 Å². The molecule has 2 atom stereocenters. The highest BCUT2D eigenvalue weighted by atomic mass is 35.5. The molecule has 1 heterocycles. The van der Waals surface area contributed by atoms with Crippen LogP contribution in [0.4, 0.5) is 17.6 Å². The van der Waals surface area contributed by atoms with Crippen LogP contribution in [0.5, 0.6) is 0 Å². The molecule has 1 fully saturated rings. The van der Waals surface area contributed by atoms with Crippen molar-refractivity contribution in [2.75, 3.05) is 25.4 Å². The van der Waals surface area contributed by atoms with Crippen molar-refractivity contribution < 1.29 is 35.9 Å². The molecule has 0 aliphatic carbocycles. The quantitative estimate of drug-likeness (QED) is 0.566. The number of sulfone groups is 1. The van der Waals surface area contributed by atoms with Gasteiger partial charge in [0, 0.05) is 13.1 Å². The van der Waals surface area contributed by atoms with Gasteiger partial charge in [0.05, 0.1) is 22.5 Å². The lowest BCUT2D eigenvalue weighted by Gasteiger charge is -2.18. The lowest BCUT2D eigenvalue weighted by Crippen LogP contribution is -2.33. The monoisotopic (exact) mass is 419 g/mol. The van der Waals surface area contributed by atoms with Crippen LogP contribution in [0.2, 0.25) is 0 Å². The summed E-state index contributed by atoms with van der Waals surface area (Å²) in [7, 11) is -3.67. The first-order chi connectivity index (χ1) is 11.5. The molecule has 26 heavy (non-hydrogen) atoms. The second-order valence-electron chi connectivity index (χ2n) is 5.98. The van der Waals surface area contributed by atoms with Crippen LogP contribution in [0.25, 0.3) is 0 Å². The van der Waals surface area contributed by atoms with Crippen LogP contribution in [0.3, 0.4) is 0 Å². The van der Waals surface area contributed by atoms with Crippen molar-refractivity contribution in [2.24, 2.45) is 11.8 Å². The number of hydrogen-bond acceptors (Lipinski definition) is 4. The maximum Gasteiger partial charge on any atom is 0.393 e. The van der Waals surface area contributed by atoms with Crippen LogP contribution < -0.4 is 0 Å². The van der Waals surface area contributed by atoms with Crippen LogP contribution in [0, 0.1) is 17.7 Å². The summed E-state index contributed by atoms with van der Waals surface area (Å²) in [6.45, 7) is -0.691. The third-order valence-corrected chi connectivity index (χ3v) is 6.01. The van der Waals surface area contributed by atoms with Gasteiger partial charge in [-0.1, -0.05) is 0 Å². The summed E-state index contributed by atoms with van der Waals surface area (Å²) in [5, 5.41) is 8.94. The Morgan fingerprint density at radius 2 is 1.77 bits per heavy atom. The summed E-state index contributed by atoms with van der Waals surface area (Å²) in [6, 6.07) is 4.28. The molecule has 0 aromatic heterocycles. The Balaban J connectivity index is 0.00000338. The van der Waals surface area contributed by atoms with Gasteiger partial charge in [-0.25, -0.2) is 12.8 Å². The van der Waals surface area contributed by atoms with Crippen molar-refractivity contribution in [3.05, 3.63) is 30.1 Å². The predicted octanol–water partition coefficient (Wildman–Crippen LogP) is 2.61. The highest BCUT2D eigenvalue weighted by Crippen LogP contribution is 2.37. The molecule has 2 rings (SSSR count). The molecule has 1 aromatic rings. The van der Waals surface area contributed by atoms with E-state index in [4.69, 9.17) is 5.11 Å². The number of rotatable bonds is 6. The zero-order valence-electron chi connectivity index (χ0n) is 13.4. The lowest BCUT2D eigenvalue weighted by atomic mass is 9.96. The molecule has 0 unspecified atom stereocenters. The van der Waals surface area contributed by atoms with E-state index in [0.717, 1.165) is 24.3 Å². The Hall–Kier alpha value is -1.39. The zero-order chi connectivity index (χ0) is 18.8. The predicted molar refractivity (Wildman–Crippen MR) is 87.4 cm³/mol. The van der Waals surface area contributed by atoms with Crippen molar-refractivity contribution >= 4 is 28.2 Å². The van der Waals surface area contributed by atoms with E-state index in [9.17, 15) is 30.8 Å². The van der Waals surface area contributed by atoms with Crippen molar-refractivity contribution in [1.82, 2.24) is 4.90 Å². The molecule has 0 bridgehead atoms. The minimum absolute atomic E-state index is 0. The SMILES string of the molecule is Cl.O=C(O)[C@@H]1CN(CCCS(=O)(=O)c2ccc(F)cc2)C[C@H]1C(F)(F)F. The summed E-state index contributed by atoms with van der Waals surface area (Å²) in [5.74, 6) is -5.91. The maximum absolute atomic E-state index is 12.9. The summed E-state index contributed by atoms with van der Waals surface area (Å²) >= 11 is 0. The fourth-order valence-electron chi connectivity index (χ4n) is 2.89. The van der Waals surface area contributed by atoms with Crippen molar-refractivity contribution in [1.29, 1.82) is 0 Å². The molecule has 5 nitrogen and oxygen atoms in total. The first kappa shape index (κ1) is 22.7. The van der Waals surface area contributed by atoms with Crippen LogP contribution in [-0.2, 0) is 14.6 Å². The average molecular weight is 420 g/mol. The first-order valence-electron chi connectivity index (χ1n) is 7.51. The number of likely N-dealkylation sites (tertiary alicyclic amines) is 1. The lowest BCUT2D eigenvalue weighted by molar-refractivity contribution is -0.188. The Morgan fingerprint density at radius 3 is 2.23 bits per heavy atom. The summed E-state index contributed by atoms with van der Waals surface area (Å²) in [4.78, 5) is 12.3. The number of hydrogen-bond donors (Lipinski definition) is 1. The number of benzene rings is 1. The van der Waals surface area contributed by atoms with Gasteiger partial charge in [0.2, 0.25) is 0 Å². The number of carboxylic acid groups (broad SMARTS) is 1. The topological polar surface area (TPSA) is 74.7 Å². The standard InChI is InChI=1S/C15H17F4NO4S.ClH/c16-10-2-4-11(5-3-10)25(23,24)7-1-6-20-8-12(14(21)22)13(9-20)15(17,18)19;/h2-5,12-13H,1,6-9H2,(H,21,22);1H/t12-,13-;/m1./s1. The second-order valence-corrected chi connectivity index (χ2v) is 8.09. The van der Waals surface area contributed by atoms with Gasteiger partial charge in [-0.2, -0.15) is 13.2 Å². The van der Waals surface area contributed by atoms with Gasteiger partial charge in [-0.15, -0.1) is 12.4 Å². The molecule has 0 radical (unpaired) electrons. The van der Waals surface area contributed by atoms with E-state index in [1.54, 1.807) is 0 Å². The van der Waals surface area contributed by atoms with Crippen LogP contribution in [0.15, 0.2) is 29.2 Å². The third-order valence-electron chi connectivity index (χ3n) is 4.19. The Bertz CT molecular complexity index is 724. The molecular formula is C15H18ClF4NO4S. The van der Waals surface area contributed by atoms with Gasteiger partial charge >= 0.3 is 12.1 Å². The number of carbonyl (C=O) groups is 1. The number of alkyl halides is 3. The van der Waals surface area contributed by atoms with Crippen LogP contribution >= 0.6 is 12.4 Å². The van der Waals surface area contributed by atoms with Crippen molar-refractivity contribution in [3.8, 4) is 0 Å². The van der Waals surface area contributed by atoms with Gasteiger partial charge in [0.15, 0.2) is 9.84 Å². The van der Waals surface area contributed by atoms with E-state index >= 15 is 0 Å². The van der Waals surface area contributed by atoms with Crippen LogP contribution in [0.1, 0.15) is 6.42 Å². The first-order valence-corrected chi connectivity index (χ1v) is 9.16. The largest absolute Gasteiger partial charge is 0.481 e. The normalized spacial score (nSPS) is 21.4. The minimum Gasteiger partial charge on any atom is -0.481 e. The van der Waals surface area contributed by atoms with E-state index in [1.165, 1.54) is 4.90 Å². The third kappa shape index (κ3) is 5.55. The van der Waals surface area contributed by atoms with E-state index in [1.807, 2.05) is 0 Å². The molecule has 11 heteroatoms. The van der Waals surface area contributed by atoms with Gasteiger partial charge in [-0.3, -0.25) is 4.79 Å². The highest BCUT2D eigenvalue weighted by molar-refractivity contribution is 7.91. The Morgan fingerprint density at radius 1 is 1.19 bits per heavy atom. The second kappa shape index (κ2) is 8.53. The molecule has 0 amide bonds. The molecule has 148 valence electrons. The zero-order valence-corrected chi connectivity index (χ0v) is 15.1. The van der Waals surface area contributed by atoms with Gasteiger partial charge in [-0.05, 0) is 37.2 Å². The molecule has 0 spiro atoms.